The number of likely N-dealkylation sites (N-methyl/N-ethyl adjacent to an activating group) is 1. The minimum absolute atomic E-state index is 0.526. The average molecular weight is 216 g/mol. The summed E-state index contributed by atoms with van der Waals surface area (Å²) in [5.74, 6) is 0.777. The molecule has 0 saturated carbocycles. The van der Waals surface area contributed by atoms with Gasteiger partial charge in [-0.25, -0.2) is 4.98 Å². The maximum absolute atomic E-state index is 9.00. The van der Waals surface area contributed by atoms with Gasteiger partial charge in [0.05, 0.1) is 5.56 Å². The lowest BCUT2D eigenvalue weighted by molar-refractivity contribution is 0.597. The van der Waals surface area contributed by atoms with Crippen LogP contribution in [0.3, 0.4) is 0 Å². The van der Waals surface area contributed by atoms with Gasteiger partial charge in [0, 0.05) is 25.8 Å². The molecule has 1 atom stereocenters. The van der Waals surface area contributed by atoms with Crippen LogP contribution < -0.4 is 10.2 Å². The van der Waals surface area contributed by atoms with Gasteiger partial charge < -0.3 is 10.2 Å². The van der Waals surface area contributed by atoms with E-state index in [1.54, 1.807) is 18.3 Å². The van der Waals surface area contributed by atoms with Crippen molar-refractivity contribution >= 4 is 5.82 Å². The third kappa shape index (κ3) is 2.31. The minimum Gasteiger partial charge on any atom is -0.357 e. The molecule has 0 aromatic carbocycles. The first-order valence-electron chi connectivity index (χ1n) is 5.61. The molecule has 0 unspecified atom stereocenters. The van der Waals surface area contributed by atoms with Crippen molar-refractivity contribution in [3.63, 3.8) is 0 Å². The highest BCUT2D eigenvalue weighted by Gasteiger charge is 2.17. The summed E-state index contributed by atoms with van der Waals surface area (Å²) in [7, 11) is 1.99. The molecule has 1 aliphatic rings. The molecule has 1 aromatic heterocycles. The van der Waals surface area contributed by atoms with Gasteiger partial charge in [0.15, 0.2) is 0 Å². The van der Waals surface area contributed by atoms with E-state index in [2.05, 4.69) is 21.3 Å². The van der Waals surface area contributed by atoms with E-state index >= 15 is 0 Å². The Morgan fingerprint density at radius 3 is 3.25 bits per heavy atom. The molecular formula is C12H16N4. The second-order valence-electron chi connectivity index (χ2n) is 4.16. The van der Waals surface area contributed by atoms with E-state index in [1.165, 1.54) is 12.8 Å². The maximum Gasteiger partial charge on any atom is 0.146 e. The Morgan fingerprint density at radius 2 is 2.56 bits per heavy atom. The number of nitriles is 1. The highest BCUT2D eigenvalue weighted by Crippen LogP contribution is 2.16. The number of hydrogen-bond acceptors (Lipinski definition) is 4. The largest absolute Gasteiger partial charge is 0.357 e. The molecule has 0 radical (unpaired) electrons. The Labute approximate surface area is 95.9 Å². The van der Waals surface area contributed by atoms with E-state index in [9.17, 15) is 0 Å². The smallest absolute Gasteiger partial charge is 0.146 e. The van der Waals surface area contributed by atoms with E-state index in [1.807, 2.05) is 7.05 Å². The van der Waals surface area contributed by atoms with Crippen LogP contribution >= 0.6 is 0 Å². The zero-order valence-electron chi connectivity index (χ0n) is 9.48. The lowest BCUT2D eigenvalue weighted by Crippen LogP contribution is -2.36. The number of aromatic nitrogens is 1. The maximum atomic E-state index is 9.00. The molecule has 4 nitrogen and oxygen atoms in total. The fraction of sp³-hybridized carbons (Fsp3) is 0.500. The van der Waals surface area contributed by atoms with Crippen LogP contribution in [0.2, 0.25) is 0 Å². The fourth-order valence-corrected chi connectivity index (χ4v) is 2.12. The zero-order chi connectivity index (χ0) is 11.4. The summed E-state index contributed by atoms with van der Waals surface area (Å²) in [5, 5.41) is 12.4. The predicted octanol–water partition coefficient (Wildman–Crippen LogP) is 1.14. The molecule has 0 bridgehead atoms. The normalized spacial score (nSPS) is 19.4. The molecule has 84 valence electrons. The van der Waals surface area contributed by atoms with Gasteiger partial charge in [-0.15, -0.1) is 0 Å². The predicted molar refractivity (Wildman–Crippen MR) is 63.2 cm³/mol. The Hall–Kier alpha value is -1.60. The highest BCUT2D eigenvalue weighted by atomic mass is 15.2. The Morgan fingerprint density at radius 1 is 1.69 bits per heavy atom. The van der Waals surface area contributed by atoms with Crippen LogP contribution in [-0.4, -0.2) is 31.2 Å². The van der Waals surface area contributed by atoms with Gasteiger partial charge in [0.2, 0.25) is 0 Å². The lowest BCUT2D eigenvalue weighted by atomic mass is 10.2. The summed E-state index contributed by atoms with van der Waals surface area (Å²) in [6.45, 7) is 2.01. The van der Waals surface area contributed by atoms with Crippen LogP contribution in [0.5, 0.6) is 0 Å². The van der Waals surface area contributed by atoms with Crippen LogP contribution in [0, 0.1) is 11.3 Å². The molecule has 0 spiro atoms. The summed E-state index contributed by atoms with van der Waals surface area (Å²) < 4.78 is 0. The minimum atomic E-state index is 0.526. The summed E-state index contributed by atoms with van der Waals surface area (Å²) in [4.78, 5) is 6.32. The van der Waals surface area contributed by atoms with Crippen molar-refractivity contribution in [1.29, 1.82) is 5.26 Å². The number of rotatable bonds is 3. The highest BCUT2D eigenvalue weighted by molar-refractivity contribution is 5.52. The van der Waals surface area contributed by atoms with Gasteiger partial charge in [-0.05, 0) is 31.5 Å². The third-order valence-corrected chi connectivity index (χ3v) is 2.93. The first-order chi connectivity index (χ1) is 7.81. The quantitative estimate of drug-likeness (QED) is 0.823. The Kier molecular flexibility index (Phi) is 3.37. The standard InChI is InChI=1S/C12H16N4/c1-16(9-11-5-3-6-14-11)12-10(8-13)4-2-7-15-12/h2,4,7,11,14H,3,5-6,9H2,1H3/t11-/m0/s1. The van der Waals surface area contributed by atoms with Gasteiger partial charge >= 0.3 is 0 Å². The lowest BCUT2D eigenvalue weighted by Gasteiger charge is -2.22. The molecule has 0 aliphatic carbocycles. The summed E-state index contributed by atoms with van der Waals surface area (Å²) in [5.41, 5.74) is 0.642. The van der Waals surface area contributed by atoms with Crippen molar-refractivity contribution in [3.8, 4) is 6.07 Å². The van der Waals surface area contributed by atoms with Crippen LogP contribution in [0.25, 0.3) is 0 Å². The van der Waals surface area contributed by atoms with Gasteiger partial charge in [-0.1, -0.05) is 0 Å². The molecule has 1 aromatic rings. The molecule has 4 heteroatoms. The summed E-state index contributed by atoms with van der Waals surface area (Å²) in [6, 6.07) is 6.31. The van der Waals surface area contributed by atoms with E-state index < -0.39 is 0 Å². The van der Waals surface area contributed by atoms with Gasteiger partial charge in [0.25, 0.3) is 0 Å². The molecule has 1 saturated heterocycles. The van der Waals surface area contributed by atoms with E-state index in [0.29, 0.717) is 11.6 Å². The van der Waals surface area contributed by atoms with Crippen molar-refractivity contribution in [1.82, 2.24) is 10.3 Å². The van der Waals surface area contributed by atoms with E-state index in [0.717, 1.165) is 18.9 Å². The van der Waals surface area contributed by atoms with E-state index in [-0.39, 0.29) is 0 Å². The van der Waals surface area contributed by atoms with E-state index in [4.69, 9.17) is 5.26 Å². The topological polar surface area (TPSA) is 52.0 Å². The monoisotopic (exact) mass is 216 g/mol. The van der Waals surface area contributed by atoms with Gasteiger partial charge in [-0.2, -0.15) is 5.26 Å². The Balaban J connectivity index is 2.08. The van der Waals surface area contributed by atoms with Gasteiger partial charge in [-0.3, -0.25) is 0 Å². The molecule has 2 rings (SSSR count). The van der Waals surface area contributed by atoms with Crippen molar-refractivity contribution in [2.24, 2.45) is 0 Å². The molecule has 1 aliphatic heterocycles. The molecule has 16 heavy (non-hydrogen) atoms. The number of anilines is 1. The summed E-state index contributed by atoms with van der Waals surface area (Å²) >= 11 is 0. The van der Waals surface area contributed by atoms with Crippen molar-refractivity contribution < 1.29 is 0 Å². The van der Waals surface area contributed by atoms with Crippen LogP contribution in [0.1, 0.15) is 18.4 Å². The fourth-order valence-electron chi connectivity index (χ4n) is 2.12. The van der Waals surface area contributed by atoms with Crippen LogP contribution in [0.15, 0.2) is 18.3 Å². The number of nitrogens with zero attached hydrogens (tertiary/aromatic N) is 3. The van der Waals surface area contributed by atoms with Crippen LogP contribution in [-0.2, 0) is 0 Å². The van der Waals surface area contributed by atoms with Crippen molar-refractivity contribution in [2.45, 2.75) is 18.9 Å². The third-order valence-electron chi connectivity index (χ3n) is 2.93. The molecular weight excluding hydrogens is 200 g/mol. The zero-order valence-corrected chi connectivity index (χ0v) is 9.48. The van der Waals surface area contributed by atoms with Crippen molar-refractivity contribution in [3.05, 3.63) is 23.9 Å². The van der Waals surface area contributed by atoms with Gasteiger partial charge in [0.1, 0.15) is 11.9 Å². The molecule has 2 heterocycles. The first-order valence-corrected chi connectivity index (χ1v) is 5.61. The summed E-state index contributed by atoms with van der Waals surface area (Å²) in [6.07, 6.45) is 4.18. The average Bonchev–Trinajstić information content (AvgIpc) is 2.81. The molecule has 0 amide bonds. The second-order valence-corrected chi connectivity index (χ2v) is 4.16. The molecule has 1 fully saturated rings. The van der Waals surface area contributed by atoms with Crippen LogP contribution in [0.4, 0.5) is 5.82 Å². The molecule has 1 N–H and O–H groups in total. The second kappa shape index (κ2) is 4.95. The number of pyridine rings is 1. The Bertz CT molecular complexity index is 390. The SMILES string of the molecule is CN(C[C@@H]1CCCN1)c1ncccc1C#N. The number of hydrogen-bond donors (Lipinski definition) is 1. The van der Waals surface area contributed by atoms with Crippen molar-refractivity contribution in [2.75, 3.05) is 25.0 Å². The number of nitrogens with one attached hydrogen (secondary N) is 1. The first kappa shape index (κ1) is 10.9.